The third-order valence-electron chi connectivity index (χ3n) is 3.73. The lowest BCUT2D eigenvalue weighted by atomic mass is 10.1. The minimum atomic E-state index is -0.152. The van der Waals surface area contributed by atoms with Crippen LogP contribution in [0, 0.1) is 0 Å². The van der Waals surface area contributed by atoms with Gasteiger partial charge in [0.2, 0.25) is 0 Å². The minimum absolute atomic E-state index is 0.132. The fourth-order valence-electron chi connectivity index (χ4n) is 2.42. The molecule has 0 spiro atoms. The SMILES string of the molecule is CC(C)n1nnnc1-c1cccc(C(=O)NCc2ccc(Cl)cc2)c1. The predicted molar refractivity (Wildman–Crippen MR) is 96.3 cm³/mol. The standard InChI is InChI=1S/C18H18ClN5O/c1-12(2)24-17(21-22-23-24)14-4-3-5-15(10-14)18(25)20-11-13-6-8-16(19)9-7-13/h3-10,12H,11H2,1-2H3,(H,20,25). The first-order valence-corrected chi connectivity index (χ1v) is 8.33. The van der Waals surface area contributed by atoms with Crippen molar-refractivity contribution in [3.8, 4) is 11.4 Å². The molecule has 3 aromatic rings. The lowest BCUT2D eigenvalue weighted by molar-refractivity contribution is 0.0951. The van der Waals surface area contributed by atoms with E-state index in [1.165, 1.54) is 0 Å². The summed E-state index contributed by atoms with van der Waals surface area (Å²) in [5.41, 5.74) is 2.35. The summed E-state index contributed by atoms with van der Waals surface area (Å²) in [5, 5.41) is 15.4. The molecular weight excluding hydrogens is 338 g/mol. The van der Waals surface area contributed by atoms with Gasteiger partial charge in [-0.15, -0.1) is 5.10 Å². The van der Waals surface area contributed by atoms with Gasteiger partial charge in [0.1, 0.15) is 0 Å². The quantitative estimate of drug-likeness (QED) is 0.760. The second kappa shape index (κ2) is 7.44. The zero-order valence-electron chi connectivity index (χ0n) is 14.0. The van der Waals surface area contributed by atoms with E-state index in [-0.39, 0.29) is 11.9 Å². The summed E-state index contributed by atoms with van der Waals surface area (Å²) in [6.07, 6.45) is 0. The van der Waals surface area contributed by atoms with Gasteiger partial charge in [0.15, 0.2) is 5.82 Å². The number of carbonyl (C=O) groups excluding carboxylic acids is 1. The van der Waals surface area contributed by atoms with Crippen molar-refractivity contribution in [1.29, 1.82) is 0 Å². The molecule has 0 saturated heterocycles. The van der Waals surface area contributed by atoms with Crippen LogP contribution in [0.2, 0.25) is 5.02 Å². The Labute approximate surface area is 150 Å². The first kappa shape index (κ1) is 17.1. The van der Waals surface area contributed by atoms with E-state index in [9.17, 15) is 4.79 Å². The Morgan fingerprint density at radius 3 is 2.68 bits per heavy atom. The Kier molecular flexibility index (Phi) is 5.09. The highest BCUT2D eigenvalue weighted by molar-refractivity contribution is 6.30. The topological polar surface area (TPSA) is 72.7 Å². The third kappa shape index (κ3) is 4.03. The van der Waals surface area contributed by atoms with Crippen LogP contribution in [0.25, 0.3) is 11.4 Å². The molecule has 0 radical (unpaired) electrons. The van der Waals surface area contributed by atoms with Crippen molar-refractivity contribution in [2.24, 2.45) is 0 Å². The van der Waals surface area contributed by atoms with E-state index in [2.05, 4.69) is 20.8 Å². The molecule has 3 rings (SSSR count). The zero-order chi connectivity index (χ0) is 17.8. The van der Waals surface area contributed by atoms with Gasteiger partial charge < -0.3 is 5.32 Å². The number of benzene rings is 2. The van der Waals surface area contributed by atoms with E-state index in [4.69, 9.17) is 11.6 Å². The van der Waals surface area contributed by atoms with E-state index >= 15 is 0 Å². The molecule has 0 aliphatic carbocycles. The summed E-state index contributed by atoms with van der Waals surface area (Å²) in [4.78, 5) is 12.4. The number of carbonyl (C=O) groups is 1. The van der Waals surface area contributed by atoms with E-state index < -0.39 is 0 Å². The van der Waals surface area contributed by atoms with Crippen LogP contribution < -0.4 is 5.32 Å². The van der Waals surface area contributed by atoms with Crippen LogP contribution in [0.1, 0.15) is 35.8 Å². The number of amides is 1. The van der Waals surface area contributed by atoms with Crippen LogP contribution in [0.15, 0.2) is 48.5 Å². The predicted octanol–water partition coefficient (Wildman–Crippen LogP) is 3.50. The van der Waals surface area contributed by atoms with E-state index in [1.807, 2.05) is 38.1 Å². The second-order valence-corrected chi connectivity index (χ2v) is 6.37. The van der Waals surface area contributed by atoms with Crippen molar-refractivity contribution in [1.82, 2.24) is 25.5 Å². The molecule has 128 valence electrons. The van der Waals surface area contributed by atoms with Gasteiger partial charge in [-0.3, -0.25) is 4.79 Å². The van der Waals surface area contributed by atoms with Gasteiger partial charge >= 0.3 is 0 Å². The molecule has 0 unspecified atom stereocenters. The first-order valence-electron chi connectivity index (χ1n) is 7.95. The van der Waals surface area contributed by atoms with E-state index in [0.717, 1.165) is 11.1 Å². The maximum absolute atomic E-state index is 12.4. The van der Waals surface area contributed by atoms with Gasteiger partial charge in [-0.05, 0) is 54.1 Å². The Bertz CT molecular complexity index is 873. The number of hydrogen-bond donors (Lipinski definition) is 1. The average molecular weight is 356 g/mol. The number of halogens is 1. The minimum Gasteiger partial charge on any atom is -0.348 e. The summed E-state index contributed by atoms with van der Waals surface area (Å²) >= 11 is 5.87. The fraction of sp³-hybridized carbons (Fsp3) is 0.222. The summed E-state index contributed by atoms with van der Waals surface area (Å²) in [7, 11) is 0. The van der Waals surface area contributed by atoms with Crippen LogP contribution in [-0.4, -0.2) is 26.1 Å². The highest BCUT2D eigenvalue weighted by Crippen LogP contribution is 2.20. The highest BCUT2D eigenvalue weighted by atomic mass is 35.5. The van der Waals surface area contributed by atoms with Gasteiger partial charge in [-0.25, -0.2) is 4.68 Å². The molecule has 1 aromatic heterocycles. The third-order valence-corrected chi connectivity index (χ3v) is 3.98. The van der Waals surface area contributed by atoms with Crippen LogP contribution in [-0.2, 0) is 6.54 Å². The molecule has 0 bridgehead atoms. The normalized spacial score (nSPS) is 10.9. The average Bonchev–Trinajstić information content (AvgIpc) is 3.11. The monoisotopic (exact) mass is 355 g/mol. The van der Waals surface area contributed by atoms with Gasteiger partial charge in [-0.1, -0.05) is 35.9 Å². The smallest absolute Gasteiger partial charge is 0.251 e. The van der Waals surface area contributed by atoms with Gasteiger partial charge in [-0.2, -0.15) is 0 Å². The Balaban J connectivity index is 1.75. The summed E-state index contributed by atoms with van der Waals surface area (Å²) in [5.74, 6) is 0.489. The molecule has 0 fully saturated rings. The number of rotatable bonds is 5. The molecule has 1 amide bonds. The van der Waals surface area contributed by atoms with Crippen molar-refractivity contribution >= 4 is 17.5 Å². The number of nitrogens with zero attached hydrogens (tertiary/aromatic N) is 4. The summed E-state index contributed by atoms with van der Waals surface area (Å²) in [6.45, 7) is 4.44. The number of nitrogens with one attached hydrogen (secondary N) is 1. The Morgan fingerprint density at radius 1 is 1.20 bits per heavy atom. The van der Waals surface area contributed by atoms with Crippen LogP contribution in [0.5, 0.6) is 0 Å². The zero-order valence-corrected chi connectivity index (χ0v) is 14.7. The molecule has 0 saturated carbocycles. The van der Waals surface area contributed by atoms with Gasteiger partial charge in [0, 0.05) is 22.7 Å². The largest absolute Gasteiger partial charge is 0.348 e. The maximum Gasteiger partial charge on any atom is 0.251 e. The highest BCUT2D eigenvalue weighted by Gasteiger charge is 2.13. The van der Waals surface area contributed by atoms with Crippen LogP contribution in [0.3, 0.4) is 0 Å². The van der Waals surface area contributed by atoms with Gasteiger partial charge in [0.25, 0.3) is 5.91 Å². The van der Waals surface area contributed by atoms with Crippen LogP contribution >= 0.6 is 11.6 Å². The first-order chi connectivity index (χ1) is 12.0. The van der Waals surface area contributed by atoms with E-state index in [1.54, 1.807) is 28.9 Å². The lowest BCUT2D eigenvalue weighted by Crippen LogP contribution is -2.22. The lowest BCUT2D eigenvalue weighted by Gasteiger charge is -2.09. The Hall–Kier alpha value is -2.73. The maximum atomic E-state index is 12.4. The molecule has 0 aliphatic rings. The molecule has 2 aromatic carbocycles. The van der Waals surface area contributed by atoms with Crippen molar-refractivity contribution < 1.29 is 4.79 Å². The van der Waals surface area contributed by atoms with E-state index in [0.29, 0.717) is 23.0 Å². The molecular formula is C18H18ClN5O. The number of aromatic nitrogens is 4. The van der Waals surface area contributed by atoms with Gasteiger partial charge in [0.05, 0.1) is 6.04 Å². The van der Waals surface area contributed by atoms with Crippen molar-refractivity contribution in [3.63, 3.8) is 0 Å². The molecule has 1 N–H and O–H groups in total. The summed E-state index contributed by atoms with van der Waals surface area (Å²) in [6, 6.07) is 14.8. The number of hydrogen-bond acceptors (Lipinski definition) is 4. The Morgan fingerprint density at radius 2 is 1.96 bits per heavy atom. The molecule has 25 heavy (non-hydrogen) atoms. The fourth-order valence-corrected chi connectivity index (χ4v) is 2.54. The second-order valence-electron chi connectivity index (χ2n) is 5.93. The van der Waals surface area contributed by atoms with Crippen molar-refractivity contribution in [2.75, 3.05) is 0 Å². The van der Waals surface area contributed by atoms with Crippen molar-refractivity contribution in [3.05, 3.63) is 64.7 Å². The molecule has 0 aliphatic heterocycles. The van der Waals surface area contributed by atoms with Crippen molar-refractivity contribution in [2.45, 2.75) is 26.4 Å². The molecule has 6 nitrogen and oxygen atoms in total. The molecule has 7 heteroatoms. The number of tetrazole rings is 1. The molecule has 0 atom stereocenters. The molecule has 1 heterocycles. The summed E-state index contributed by atoms with van der Waals surface area (Å²) < 4.78 is 1.73. The van der Waals surface area contributed by atoms with Crippen LogP contribution in [0.4, 0.5) is 0 Å².